The highest BCUT2D eigenvalue weighted by Crippen LogP contribution is 2.33. The largest absolute Gasteiger partial charge is 0.493 e. The van der Waals surface area contributed by atoms with Crippen LogP contribution >= 0.6 is 0 Å². The molecule has 35 heavy (non-hydrogen) atoms. The van der Waals surface area contributed by atoms with Gasteiger partial charge in [0.2, 0.25) is 0 Å². The van der Waals surface area contributed by atoms with E-state index in [0.29, 0.717) is 13.2 Å². The van der Waals surface area contributed by atoms with Gasteiger partial charge in [0.15, 0.2) is 0 Å². The van der Waals surface area contributed by atoms with E-state index in [1.165, 1.54) is 22.3 Å². The van der Waals surface area contributed by atoms with Crippen LogP contribution in [0.1, 0.15) is 48.7 Å². The van der Waals surface area contributed by atoms with Crippen molar-refractivity contribution in [1.82, 2.24) is 9.88 Å². The molecule has 2 heterocycles. The average Bonchev–Trinajstić information content (AvgIpc) is 2.88. The fraction of sp³-hybridized carbons (Fsp3) is 0.433. The molecule has 5 nitrogen and oxygen atoms in total. The van der Waals surface area contributed by atoms with Gasteiger partial charge in [0.1, 0.15) is 18.1 Å². The van der Waals surface area contributed by atoms with Crippen LogP contribution in [-0.2, 0) is 30.7 Å². The molecule has 3 aromatic rings. The Hall–Kier alpha value is -2.89. The third kappa shape index (κ3) is 6.22. The number of aromatic nitrogens is 1. The van der Waals surface area contributed by atoms with Crippen LogP contribution in [0.5, 0.6) is 11.5 Å². The van der Waals surface area contributed by atoms with Crippen molar-refractivity contribution >= 4 is 0 Å². The lowest BCUT2D eigenvalue weighted by molar-refractivity contribution is 0.0341. The van der Waals surface area contributed by atoms with Gasteiger partial charge in [-0.05, 0) is 55.5 Å². The van der Waals surface area contributed by atoms with Gasteiger partial charge in [-0.15, -0.1) is 0 Å². The average molecular weight is 475 g/mol. The molecule has 5 heteroatoms. The van der Waals surface area contributed by atoms with E-state index < -0.39 is 0 Å². The van der Waals surface area contributed by atoms with Crippen molar-refractivity contribution in [2.24, 2.45) is 0 Å². The van der Waals surface area contributed by atoms with E-state index in [4.69, 9.17) is 19.2 Å². The van der Waals surface area contributed by atoms with Crippen LogP contribution in [0.4, 0.5) is 0 Å². The van der Waals surface area contributed by atoms with Gasteiger partial charge in [-0.2, -0.15) is 0 Å². The normalized spacial score (nSPS) is 14.2. The molecule has 0 amide bonds. The number of aryl methyl sites for hydroxylation is 3. The molecule has 2 aromatic carbocycles. The van der Waals surface area contributed by atoms with Gasteiger partial charge in [0, 0.05) is 37.0 Å². The molecule has 186 valence electrons. The highest BCUT2D eigenvalue weighted by atomic mass is 16.5. The van der Waals surface area contributed by atoms with Gasteiger partial charge in [0.25, 0.3) is 0 Å². The van der Waals surface area contributed by atoms with E-state index >= 15 is 0 Å². The number of morpholine rings is 1. The van der Waals surface area contributed by atoms with Crippen LogP contribution in [0.15, 0.2) is 48.5 Å². The van der Waals surface area contributed by atoms with E-state index in [1.54, 1.807) is 0 Å². The third-order valence-electron chi connectivity index (χ3n) is 6.64. The minimum Gasteiger partial charge on any atom is -0.493 e. The van der Waals surface area contributed by atoms with Gasteiger partial charge in [-0.1, -0.05) is 44.2 Å². The zero-order chi connectivity index (χ0) is 24.6. The van der Waals surface area contributed by atoms with Gasteiger partial charge < -0.3 is 14.2 Å². The maximum Gasteiger partial charge on any atom is 0.129 e. The number of hydrogen-bond acceptors (Lipinski definition) is 5. The van der Waals surface area contributed by atoms with Crippen LogP contribution in [-0.4, -0.2) is 42.8 Å². The Balaban J connectivity index is 1.57. The number of rotatable bonds is 10. The first-order chi connectivity index (χ1) is 17.1. The lowest BCUT2D eigenvalue weighted by Crippen LogP contribution is -2.35. The Morgan fingerprint density at radius 3 is 2.31 bits per heavy atom. The Bertz CT molecular complexity index is 1100. The van der Waals surface area contributed by atoms with Gasteiger partial charge in [-0.3, -0.25) is 9.88 Å². The Morgan fingerprint density at radius 1 is 0.914 bits per heavy atom. The highest BCUT2D eigenvalue weighted by Gasteiger charge is 2.17. The van der Waals surface area contributed by atoms with Crippen LogP contribution in [0, 0.1) is 6.92 Å². The summed E-state index contributed by atoms with van der Waals surface area (Å²) in [6, 6.07) is 17.0. The third-order valence-corrected chi connectivity index (χ3v) is 6.64. The molecule has 1 saturated heterocycles. The maximum absolute atomic E-state index is 6.26. The summed E-state index contributed by atoms with van der Waals surface area (Å²) in [5.74, 6) is 1.72. The van der Waals surface area contributed by atoms with Crippen molar-refractivity contribution in [3.05, 3.63) is 76.5 Å². The summed E-state index contributed by atoms with van der Waals surface area (Å²) in [5.41, 5.74) is 8.06. The van der Waals surface area contributed by atoms with Crippen LogP contribution < -0.4 is 9.47 Å². The standard InChI is InChI=1S/C30H38N2O3/c1-5-24-11-9-12-25(6-2)30(24)28-19-29(34-7-3)27(22(4)31-28)21-35-26-13-8-10-23(18-26)20-32-14-16-33-17-15-32/h8-13,18-19H,5-7,14-17,20-21H2,1-4H3. The number of pyridine rings is 1. The zero-order valence-corrected chi connectivity index (χ0v) is 21.6. The van der Waals surface area contributed by atoms with Crippen molar-refractivity contribution in [3.8, 4) is 22.8 Å². The molecule has 0 N–H and O–H groups in total. The predicted octanol–water partition coefficient (Wildman–Crippen LogP) is 5.99. The Morgan fingerprint density at radius 2 is 1.63 bits per heavy atom. The number of benzene rings is 2. The van der Waals surface area contributed by atoms with Crippen LogP contribution in [0.25, 0.3) is 11.3 Å². The summed E-state index contributed by atoms with van der Waals surface area (Å²) in [4.78, 5) is 7.45. The van der Waals surface area contributed by atoms with Crippen LogP contribution in [0.2, 0.25) is 0 Å². The van der Waals surface area contributed by atoms with Crippen molar-refractivity contribution in [2.45, 2.75) is 53.7 Å². The lowest BCUT2D eigenvalue weighted by Gasteiger charge is -2.26. The highest BCUT2D eigenvalue weighted by molar-refractivity contribution is 5.70. The van der Waals surface area contributed by atoms with Crippen molar-refractivity contribution in [3.63, 3.8) is 0 Å². The molecule has 1 fully saturated rings. The Labute approximate surface area is 210 Å². The molecule has 4 rings (SSSR count). The molecule has 0 saturated carbocycles. The molecule has 1 aliphatic rings. The molecule has 0 spiro atoms. The summed E-state index contributed by atoms with van der Waals surface area (Å²) < 4.78 is 17.8. The van der Waals surface area contributed by atoms with E-state index in [9.17, 15) is 0 Å². The molecule has 1 aliphatic heterocycles. The summed E-state index contributed by atoms with van der Waals surface area (Å²) in [6.07, 6.45) is 1.94. The summed E-state index contributed by atoms with van der Waals surface area (Å²) >= 11 is 0. The monoisotopic (exact) mass is 474 g/mol. The molecule has 0 bridgehead atoms. The maximum atomic E-state index is 6.26. The molecule has 0 atom stereocenters. The first kappa shape index (κ1) is 25.2. The summed E-state index contributed by atoms with van der Waals surface area (Å²) in [6.45, 7) is 14.0. The smallest absolute Gasteiger partial charge is 0.129 e. The van der Waals surface area contributed by atoms with Gasteiger partial charge in [-0.25, -0.2) is 0 Å². The summed E-state index contributed by atoms with van der Waals surface area (Å²) in [5, 5.41) is 0. The second kappa shape index (κ2) is 12.2. The summed E-state index contributed by atoms with van der Waals surface area (Å²) in [7, 11) is 0. The zero-order valence-electron chi connectivity index (χ0n) is 21.6. The van der Waals surface area contributed by atoms with Crippen molar-refractivity contribution < 1.29 is 14.2 Å². The van der Waals surface area contributed by atoms with E-state index in [-0.39, 0.29) is 0 Å². The SMILES string of the molecule is CCOc1cc(-c2c(CC)cccc2CC)nc(C)c1COc1cccc(CN2CCOCC2)c1. The Kier molecular flexibility index (Phi) is 8.78. The fourth-order valence-corrected chi connectivity index (χ4v) is 4.74. The minimum absolute atomic E-state index is 0.422. The topological polar surface area (TPSA) is 43.8 Å². The molecule has 0 unspecified atom stereocenters. The predicted molar refractivity (Wildman–Crippen MR) is 141 cm³/mol. The quantitative estimate of drug-likeness (QED) is 0.361. The number of hydrogen-bond donors (Lipinski definition) is 0. The molecule has 1 aromatic heterocycles. The fourth-order valence-electron chi connectivity index (χ4n) is 4.74. The van der Waals surface area contributed by atoms with Crippen LogP contribution in [0.3, 0.4) is 0 Å². The second-order valence-corrected chi connectivity index (χ2v) is 8.99. The number of nitrogens with zero attached hydrogens (tertiary/aromatic N) is 2. The molecule has 0 radical (unpaired) electrons. The van der Waals surface area contributed by atoms with E-state index in [0.717, 1.165) is 74.1 Å². The molecule has 0 aliphatic carbocycles. The lowest BCUT2D eigenvalue weighted by atomic mass is 9.94. The number of ether oxygens (including phenoxy) is 3. The minimum atomic E-state index is 0.422. The second-order valence-electron chi connectivity index (χ2n) is 8.99. The van der Waals surface area contributed by atoms with E-state index in [2.05, 4.69) is 68.1 Å². The van der Waals surface area contributed by atoms with Crippen molar-refractivity contribution in [1.29, 1.82) is 0 Å². The van der Waals surface area contributed by atoms with Gasteiger partial charge >= 0.3 is 0 Å². The van der Waals surface area contributed by atoms with Crippen molar-refractivity contribution in [2.75, 3.05) is 32.9 Å². The molecular formula is C30H38N2O3. The first-order valence-electron chi connectivity index (χ1n) is 12.9. The van der Waals surface area contributed by atoms with E-state index in [1.807, 2.05) is 13.0 Å². The first-order valence-corrected chi connectivity index (χ1v) is 12.9. The molecular weight excluding hydrogens is 436 g/mol. The van der Waals surface area contributed by atoms with Gasteiger partial charge in [0.05, 0.1) is 31.1 Å².